The molecule has 2 amide bonds. The van der Waals surface area contributed by atoms with Gasteiger partial charge in [0.1, 0.15) is 5.60 Å². The zero-order valence-corrected chi connectivity index (χ0v) is 17.4. The van der Waals surface area contributed by atoms with Crippen LogP contribution in [0.3, 0.4) is 0 Å². The number of carbonyl (C=O) groups is 2. The molecular weight excluding hydrogens is 378 g/mol. The van der Waals surface area contributed by atoms with Crippen LogP contribution in [0.15, 0.2) is 42.6 Å². The molecule has 2 fully saturated rings. The lowest BCUT2D eigenvalue weighted by Gasteiger charge is -2.23. The number of carbonyl (C=O) groups excluding carboxylic acids is 2. The first-order chi connectivity index (χ1) is 14.6. The number of amides is 2. The Kier molecular flexibility index (Phi) is 4.89. The van der Waals surface area contributed by atoms with Gasteiger partial charge in [-0.05, 0) is 24.5 Å². The molecule has 1 aromatic carbocycles. The second kappa shape index (κ2) is 7.58. The van der Waals surface area contributed by atoms with E-state index in [1.54, 1.807) is 0 Å². The summed E-state index contributed by atoms with van der Waals surface area (Å²) in [4.78, 5) is 31.4. The summed E-state index contributed by atoms with van der Waals surface area (Å²) >= 11 is 0. The number of fused-ring (bicyclic) bond motifs is 2. The first-order valence-electron chi connectivity index (χ1n) is 11.1. The minimum absolute atomic E-state index is 0.0424. The number of likely N-dealkylation sites (tertiary alicyclic amines) is 1. The molecule has 0 unspecified atom stereocenters. The van der Waals surface area contributed by atoms with Crippen LogP contribution < -0.4 is 5.32 Å². The van der Waals surface area contributed by atoms with Gasteiger partial charge in [0.25, 0.3) is 0 Å². The smallest absolute Gasteiger partial charge is 0.230 e. The number of rotatable bonds is 8. The van der Waals surface area contributed by atoms with Crippen molar-refractivity contribution in [1.82, 2.24) is 15.2 Å². The Labute approximate surface area is 176 Å². The van der Waals surface area contributed by atoms with Crippen LogP contribution in [0.2, 0.25) is 0 Å². The van der Waals surface area contributed by atoms with E-state index in [0.29, 0.717) is 19.6 Å². The number of aromatic amines is 1. The monoisotopic (exact) mass is 407 g/mol. The fraction of sp³-hybridized carbons (Fsp3) is 0.500. The maximum Gasteiger partial charge on any atom is 0.230 e. The Morgan fingerprint density at radius 3 is 3.07 bits per heavy atom. The zero-order chi connectivity index (χ0) is 20.7. The Bertz CT molecular complexity index is 996. The maximum absolute atomic E-state index is 13.3. The van der Waals surface area contributed by atoms with E-state index in [4.69, 9.17) is 4.74 Å². The number of unbranched alkanes of at least 4 members (excludes halogenated alkanes) is 2. The number of nitrogens with one attached hydrogen (secondary N) is 2. The summed E-state index contributed by atoms with van der Waals surface area (Å²) in [5, 5.41) is 4.23. The lowest BCUT2D eigenvalue weighted by atomic mass is 9.77. The Morgan fingerprint density at radius 2 is 2.20 bits per heavy atom. The van der Waals surface area contributed by atoms with Crippen molar-refractivity contribution in [3.63, 3.8) is 0 Å². The number of H-pyrrole nitrogens is 1. The molecule has 2 bridgehead atoms. The van der Waals surface area contributed by atoms with E-state index < -0.39 is 17.4 Å². The van der Waals surface area contributed by atoms with Crippen LogP contribution >= 0.6 is 0 Å². The van der Waals surface area contributed by atoms with Gasteiger partial charge in [-0.2, -0.15) is 0 Å². The third-order valence-corrected chi connectivity index (χ3v) is 6.89. The molecule has 2 saturated heterocycles. The molecule has 5 rings (SSSR count). The average molecular weight is 408 g/mol. The van der Waals surface area contributed by atoms with E-state index >= 15 is 0 Å². The maximum atomic E-state index is 13.3. The van der Waals surface area contributed by atoms with Crippen LogP contribution in [0.1, 0.15) is 31.7 Å². The molecule has 0 aliphatic carbocycles. The first-order valence-corrected chi connectivity index (χ1v) is 11.1. The lowest BCUT2D eigenvalue weighted by molar-refractivity contribution is -0.137. The van der Waals surface area contributed by atoms with Gasteiger partial charge in [0.05, 0.1) is 24.5 Å². The summed E-state index contributed by atoms with van der Waals surface area (Å²) in [5.41, 5.74) is 1.69. The van der Waals surface area contributed by atoms with Crippen LogP contribution in [-0.2, 0) is 20.7 Å². The number of ether oxygens (including phenoxy) is 1. The minimum Gasteiger partial charge on any atom is -0.361 e. The molecular formula is C24H29N3O3. The highest BCUT2D eigenvalue weighted by Crippen LogP contribution is 2.51. The molecule has 30 heavy (non-hydrogen) atoms. The minimum atomic E-state index is -0.632. The van der Waals surface area contributed by atoms with Crippen LogP contribution in [0.25, 0.3) is 10.9 Å². The normalized spacial score (nSPS) is 29.2. The van der Waals surface area contributed by atoms with Crippen molar-refractivity contribution in [2.24, 2.45) is 11.8 Å². The summed E-state index contributed by atoms with van der Waals surface area (Å²) in [6, 6.07) is 8.21. The van der Waals surface area contributed by atoms with Crippen LogP contribution in [0, 0.1) is 11.8 Å². The molecule has 1 aromatic heterocycles. The fourth-order valence-electron chi connectivity index (χ4n) is 5.37. The highest BCUT2D eigenvalue weighted by atomic mass is 16.5. The van der Waals surface area contributed by atoms with Crippen LogP contribution in [-0.4, -0.2) is 53.0 Å². The van der Waals surface area contributed by atoms with Gasteiger partial charge >= 0.3 is 0 Å². The predicted octanol–water partition coefficient (Wildman–Crippen LogP) is 2.80. The van der Waals surface area contributed by atoms with Gasteiger partial charge in [-0.25, -0.2) is 0 Å². The lowest BCUT2D eigenvalue weighted by Crippen LogP contribution is -2.44. The van der Waals surface area contributed by atoms with Gasteiger partial charge in [-0.15, -0.1) is 0 Å². The van der Waals surface area contributed by atoms with E-state index in [1.807, 2.05) is 35.4 Å². The van der Waals surface area contributed by atoms with Gasteiger partial charge in [0.2, 0.25) is 11.8 Å². The standard InChI is InChI=1S/C24H29N3O3/c1-2-3-6-12-25-22(28)20-19-9-11-24(30-19)15-27(23(29)21(20)24)13-10-16-14-26-18-8-5-4-7-17(16)18/h4-5,7-9,11,14,19-21,26H,2-3,6,10,12-13,15H2,1H3,(H,25,28)/t19-,20+,21+,24-/m1/s1. The molecule has 3 aliphatic heterocycles. The van der Waals surface area contributed by atoms with Gasteiger partial charge in [-0.1, -0.05) is 50.1 Å². The second-order valence-electron chi connectivity index (χ2n) is 8.77. The predicted molar refractivity (Wildman–Crippen MR) is 115 cm³/mol. The van der Waals surface area contributed by atoms with Crippen molar-refractivity contribution < 1.29 is 14.3 Å². The summed E-state index contributed by atoms with van der Waals surface area (Å²) in [5.74, 6) is -0.807. The van der Waals surface area contributed by atoms with Crippen LogP contribution in [0.5, 0.6) is 0 Å². The molecule has 6 heteroatoms. The molecule has 4 atom stereocenters. The van der Waals surface area contributed by atoms with E-state index in [1.165, 1.54) is 10.9 Å². The number of hydrogen-bond acceptors (Lipinski definition) is 3. The third-order valence-electron chi connectivity index (χ3n) is 6.89. The van der Waals surface area contributed by atoms with Crippen LogP contribution in [0.4, 0.5) is 0 Å². The molecule has 6 nitrogen and oxygen atoms in total. The molecule has 158 valence electrons. The Balaban J connectivity index is 1.27. The van der Waals surface area contributed by atoms with Gasteiger partial charge in [0.15, 0.2) is 0 Å². The molecule has 2 aromatic rings. The summed E-state index contributed by atoms with van der Waals surface area (Å²) in [6.45, 7) is 3.97. The number of nitrogens with zero attached hydrogens (tertiary/aromatic N) is 1. The molecule has 0 saturated carbocycles. The summed E-state index contributed by atoms with van der Waals surface area (Å²) < 4.78 is 6.21. The van der Waals surface area contributed by atoms with E-state index in [9.17, 15) is 9.59 Å². The SMILES string of the molecule is CCCCCNC(=O)[C@@H]1[C@H]2C(=O)N(CCc3c[nH]c4ccccc34)C[C@]23C=C[C@H]1O3. The van der Waals surface area contributed by atoms with Crippen molar-refractivity contribution in [1.29, 1.82) is 0 Å². The Hall–Kier alpha value is -2.60. The van der Waals surface area contributed by atoms with E-state index in [2.05, 4.69) is 29.4 Å². The third kappa shape index (κ3) is 3.05. The van der Waals surface area contributed by atoms with Crippen molar-refractivity contribution in [2.45, 2.75) is 44.3 Å². The highest BCUT2D eigenvalue weighted by Gasteiger charge is 2.66. The molecule has 3 aliphatic rings. The zero-order valence-electron chi connectivity index (χ0n) is 17.4. The van der Waals surface area contributed by atoms with Crippen molar-refractivity contribution >= 4 is 22.7 Å². The Morgan fingerprint density at radius 1 is 1.33 bits per heavy atom. The number of para-hydroxylation sites is 1. The highest BCUT2D eigenvalue weighted by molar-refractivity contribution is 5.93. The topological polar surface area (TPSA) is 74.4 Å². The fourth-order valence-corrected chi connectivity index (χ4v) is 5.37. The molecule has 1 spiro atoms. The second-order valence-corrected chi connectivity index (χ2v) is 8.77. The molecule has 0 radical (unpaired) electrons. The number of hydrogen-bond donors (Lipinski definition) is 2. The van der Waals surface area contributed by atoms with E-state index in [0.717, 1.165) is 31.2 Å². The average Bonchev–Trinajstić information content (AvgIpc) is 3.49. The van der Waals surface area contributed by atoms with Crippen molar-refractivity contribution in [3.05, 3.63) is 48.2 Å². The van der Waals surface area contributed by atoms with Gasteiger partial charge in [0, 0.05) is 30.2 Å². The largest absolute Gasteiger partial charge is 0.361 e. The quantitative estimate of drug-likeness (QED) is 0.522. The van der Waals surface area contributed by atoms with Gasteiger partial charge < -0.3 is 19.9 Å². The molecule has 4 heterocycles. The number of benzene rings is 1. The first kappa shape index (κ1) is 19.4. The van der Waals surface area contributed by atoms with Crippen molar-refractivity contribution in [2.75, 3.05) is 19.6 Å². The molecule has 2 N–H and O–H groups in total. The number of aromatic nitrogens is 1. The van der Waals surface area contributed by atoms with E-state index in [-0.39, 0.29) is 17.9 Å². The van der Waals surface area contributed by atoms with Gasteiger partial charge in [-0.3, -0.25) is 9.59 Å². The summed E-state index contributed by atoms with van der Waals surface area (Å²) in [7, 11) is 0. The summed E-state index contributed by atoms with van der Waals surface area (Å²) in [6.07, 6.45) is 9.70. The van der Waals surface area contributed by atoms with Crippen molar-refractivity contribution in [3.8, 4) is 0 Å².